The van der Waals surface area contributed by atoms with Crippen LogP contribution in [-0.2, 0) is 32.6 Å². The number of carbonyl (C=O) groups is 2. The SMILES string of the molecule is CC[C@H](C)NC(=O)[C@H](Cc1ccccc1)N(Cc1ccccc1)C(=O)CN(c1ccc(OC)c(OC)c1)S(C)(=O)=O. The first-order valence-corrected chi connectivity index (χ1v) is 15.3. The van der Waals surface area contributed by atoms with Gasteiger partial charge in [-0.25, -0.2) is 8.42 Å². The first-order chi connectivity index (χ1) is 19.6. The molecule has 1 N–H and O–H groups in total. The van der Waals surface area contributed by atoms with Gasteiger partial charge < -0.3 is 19.7 Å². The molecular formula is C31H39N3O6S. The van der Waals surface area contributed by atoms with Crippen molar-refractivity contribution in [2.24, 2.45) is 0 Å². The van der Waals surface area contributed by atoms with Crippen LogP contribution in [0.4, 0.5) is 5.69 Å². The summed E-state index contributed by atoms with van der Waals surface area (Å²) in [6, 6.07) is 22.4. The molecule has 9 nitrogen and oxygen atoms in total. The van der Waals surface area contributed by atoms with Crippen LogP contribution < -0.4 is 19.1 Å². The largest absolute Gasteiger partial charge is 0.493 e. The highest BCUT2D eigenvalue weighted by Gasteiger charge is 2.33. The third kappa shape index (κ3) is 8.72. The standard InChI is InChI=1S/C31H39N3O6S/c1-6-23(2)32-31(36)27(19-24-13-9-7-10-14-24)33(21-25-15-11-8-12-16-25)30(35)22-34(41(5,37)38)26-17-18-28(39-3)29(20-26)40-4/h7-18,20,23,27H,6,19,21-22H2,1-5H3,(H,32,36)/t23-,27-/m0/s1. The number of sulfonamides is 1. The molecule has 220 valence electrons. The van der Waals surface area contributed by atoms with Gasteiger partial charge in [-0.3, -0.25) is 13.9 Å². The zero-order valence-corrected chi connectivity index (χ0v) is 25.1. The van der Waals surface area contributed by atoms with Crippen molar-refractivity contribution in [2.45, 2.75) is 45.3 Å². The molecule has 0 aliphatic heterocycles. The van der Waals surface area contributed by atoms with Crippen LogP contribution in [0.5, 0.6) is 11.5 Å². The van der Waals surface area contributed by atoms with E-state index in [1.165, 1.54) is 25.2 Å². The van der Waals surface area contributed by atoms with Crippen LogP contribution in [0.3, 0.4) is 0 Å². The monoisotopic (exact) mass is 581 g/mol. The Morgan fingerprint density at radius 1 is 0.878 bits per heavy atom. The number of amides is 2. The number of nitrogens with one attached hydrogen (secondary N) is 1. The molecule has 0 unspecified atom stereocenters. The van der Waals surface area contributed by atoms with Crippen molar-refractivity contribution >= 4 is 27.5 Å². The lowest BCUT2D eigenvalue weighted by atomic mass is 10.0. The molecule has 0 radical (unpaired) electrons. The summed E-state index contributed by atoms with van der Waals surface area (Å²) in [4.78, 5) is 29.3. The van der Waals surface area contributed by atoms with E-state index >= 15 is 0 Å². The van der Waals surface area contributed by atoms with Crippen LogP contribution in [0, 0.1) is 0 Å². The van der Waals surface area contributed by atoms with E-state index in [0.717, 1.165) is 28.1 Å². The van der Waals surface area contributed by atoms with Crippen LogP contribution in [0.25, 0.3) is 0 Å². The lowest BCUT2D eigenvalue weighted by Gasteiger charge is -2.34. The molecule has 3 aromatic carbocycles. The van der Waals surface area contributed by atoms with Crippen molar-refractivity contribution < 1.29 is 27.5 Å². The lowest BCUT2D eigenvalue weighted by molar-refractivity contribution is -0.140. The molecule has 10 heteroatoms. The molecule has 0 aromatic heterocycles. The van der Waals surface area contributed by atoms with Gasteiger partial charge in [0.25, 0.3) is 0 Å². The predicted molar refractivity (Wildman–Crippen MR) is 161 cm³/mol. The molecule has 2 amide bonds. The summed E-state index contributed by atoms with van der Waals surface area (Å²) in [5.41, 5.74) is 1.93. The Labute approximate surface area is 243 Å². The molecule has 41 heavy (non-hydrogen) atoms. The van der Waals surface area contributed by atoms with E-state index in [1.807, 2.05) is 74.5 Å². The number of hydrogen-bond donors (Lipinski definition) is 1. The molecule has 0 heterocycles. The zero-order valence-electron chi connectivity index (χ0n) is 24.2. The number of nitrogens with zero attached hydrogens (tertiary/aromatic N) is 2. The van der Waals surface area contributed by atoms with Crippen LogP contribution in [0.2, 0.25) is 0 Å². The minimum absolute atomic E-state index is 0.103. The fraction of sp³-hybridized carbons (Fsp3) is 0.355. The normalized spacial score (nSPS) is 12.6. The highest BCUT2D eigenvalue weighted by atomic mass is 32.2. The number of anilines is 1. The number of rotatable bonds is 14. The maximum Gasteiger partial charge on any atom is 0.244 e. The highest BCUT2D eigenvalue weighted by molar-refractivity contribution is 7.92. The Hall–Kier alpha value is -4.05. The minimum Gasteiger partial charge on any atom is -0.493 e. The molecule has 0 spiro atoms. The predicted octanol–water partition coefficient (Wildman–Crippen LogP) is 4.02. The van der Waals surface area contributed by atoms with Gasteiger partial charge in [0.1, 0.15) is 12.6 Å². The van der Waals surface area contributed by atoms with E-state index < -0.39 is 28.5 Å². The molecule has 3 aromatic rings. The van der Waals surface area contributed by atoms with Gasteiger partial charge in [0, 0.05) is 25.1 Å². The van der Waals surface area contributed by atoms with Gasteiger partial charge in [-0.1, -0.05) is 67.6 Å². The van der Waals surface area contributed by atoms with Crippen molar-refractivity contribution in [2.75, 3.05) is 31.3 Å². The van der Waals surface area contributed by atoms with Crippen molar-refractivity contribution in [1.82, 2.24) is 10.2 Å². The van der Waals surface area contributed by atoms with Crippen LogP contribution in [-0.4, -0.2) is 64.2 Å². The molecule has 0 saturated carbocycles. The van der Waals surface area contributed by atoms with Crippen molar-refractivity contribution in [1.29, 1.82) is 0 Å². The summed E-state index contributed by atoms with van der Waals surface area (Å²) in [5, 5.41) is 3.02. The smallest absolute Gasteiger partial charge is 0.244 e. The third-order valence-electron chi connectivity index (χ3n) is 6.80. The van der Waals surface area contributed by atoms with Crippen molar-refractivity contribution in [3.63, 3.8) is 0 Å². The average Bonchev–Trinajstić information content (AvgIpc) is 2.97. The van der Waals surface area contributed by atoms with Crippen LogP contribution in [0.1, 0.15) is 31.4 Å². The minimum atomic E-state index is -3.90. The average molecular weight is 582 g/mol. The lowest BCUT2D eigenvalue weighted by Crippen LogP contribution is -2.54. The van der Waals surface area contributed by atoms with Crippen LogP contribution in [0.15, 0.2) is 78.9 Å². The molecule has 0 bridgehead atoms. The quantitative estimate of drug-likeness (QED) is 0.308. The van der Waals surface area contributed by atoms with Gasteiger partial charge in [0.2, 0.25) is 21.8 Å². The molecule has 0 aliphatic carbocycles. The summed E-state index contributed by atoms with van der Waals surface area (Å²) >= 11 is 0. The van der Waals surface area contributed by atoms with Gasteiger partial charge in [0.15, 0.2) is 11.5 Å². The second-order valence-electron chi connectivity index (χ2n) is 9.84. The fourth-order valence-electron chi connectivity index (χ4n) is 4.37. The Morgan fingerprint density at radius 2 is 1.46 bits per heavy atom. The second-order valence-corrected chi connectivity index (χ2v) is 11.7. The number of methoxy groups -OCH3 is 2. The number of carbonyl (C=O) groups excluding carboxylic acids is 2. The summed E-state index contributed by atoms with van der Waals surface area (Å²) < 4.78 is 37.6. The topological polar surface area (TPSA) is 105 Å². The number of hydrogen-bond acceptors (Lipinski definition) is 6. The molecular weight excluding hydrogens is 542 g/mol. The highest BCUT2D eigenvalue weighted by Crippen LogP contribution is 2.32. The maximum absolute atomic E-state index is 14.1. The summed E-state index contributed by atoms with van der Waals surface area (Å²) in [6.45, 7) is 3.48. The third-order valence-corrected chi connectivity index (χ3v) is 7.94. The Balaban J connectivity index is 2.06. The summed E-state index contributed by atoms with van der Waals surface area (Å²) in [6.07, 6.45) is 2.02. The summed E-state index contributed by atoms with van der Waals surface area (Å²) in [5.74, 6) is -0.0766. The van der Waals surface area contributed by atoms with Gasteiger partial charge in [-0.05, 0) is 36.6 Å². The van der Waals surface area contributed by atoms with Crippen LogP contribution >= 0.6 is 0 Å². The van der Waals surface area contributed by atoms with E-state index in [1.54, 1.807) is 12.1 Å². The number of benzene rings is 3. The first-order valence-electron chi connectivity index (χ1n) is 13.4. The van der Waals surface area contributed by atoms with E-state index in [4.69, 9.17) is 9.47 Å². The maximum atomic E-state index is 14.1. The van der Waals surface area contributed by atoms with Crippen molar-refractivity contribution in [3.05, 3.63) is 90.0 Å². The van der Waals surface area contributed by atoms with Crippen molar-refractivity contribution in [3.8, 4) is 11.5 Å². The molecule has 0 fully saturated rings. The first kappa shape index (κ1) is 31.5. The second kappa shape index (κ2) is 14.5. The van der Waals surface area contributed by atoms with E-state index in [2.05, 4.69) is 5.32 Å². The Bertz CT molecular complexity index is 1400. The van der Waals surface area contributed by atoms with E-state index in [9.17, 15) is 18.0 Å². The molecule has 3 rings (SSSR count). The Morgan fingerprint density at radius 3 is 2.00 bits per heavy atom. The number of ether oxygens (including phenoxy) is 2. The molecule has 0 aliphatic rings. The summed E-state index contributed by atoms with van der Waals surface area (Å²) in [7, 11) is -0.975. The van der Waals surface area contributed by atoms with Gasteiger partial charge in [-0.15, -0.1) is 0 Å². The Kier molecular flexibility index (Phi) is 11.2. The molecule has 0 saturated heterocycles. The van der Waals surface area contributed by atoms with Gasteiger partial charge in [0.05, 0.1) is 26.2 Å². The van der Waals surface area contributed by atoms with E-state index in [0.29, 0.717) is 11.5 Å². The fourth-order valence-corrected chi connectivity index (χ4v) is 5.21. The van der Waals surface area contributed by atoms with E-state index in [-0.39, 0.29) is 30.6 Å². The zero-order chi connectivity index (χ0) is 30.0. The van der Waals surface area contributed by atoms with Gasteiger partial charge >= 0.3 is 0 Å². The molecule has 2 atom stereocenters. The van der Waals surface area contributed by atoms with Gasteiger partial charge in [-0.2, -0.15) is 0 Å².